The largest absolute Gasteiger partial charge is 0.396 e. The second-order valence-corrected chi connectivity index (χ2v) is 10.4. The minimum Gasteiger partial charge on any atom is -0.396 e. The zero-order valence-electron chi connectivity index (χ0n) is 20.9. The lowest BCUT2D eigenvalue weighted by molar-refractivity contribution is 0.276. The van der Waals surface area contributed by atoms with E-state index in [4.69, 9.17) is 16.7 Å². The summed E-state index contributed by atoms with van der Waals surface area (Å²) < 4.78 is 15.5. The zero-order valence-corrected chi connectivity index (χ0v) is 21.6. The Kier molecular flexibility index (Phi) is 7.70. The van der Waals surface area contributed by atoms with Crippen molar-refractivity contribution in [3.05, 3.63) is 70.6 Å². The summed E-state index contributed by atoms with van der Waals surface area (Å²) in [5.41, 5.74) is 4.42. The van der Waals surface area contributed by atoms with E-state index >= 15 is 0 Å². The number of anilines is 2. The lowest BCUT2D eigenvalue weighted by Crippen LogP contribution is -2.19. The number of pyridine rings is 2. The molecule has 0 radical (unpaired) electrons. The van der Waals surface area contributed by atoms with E-state index in [1.807, 2.05) is 24.4 Å². The first-order valence-electron chi connectivity index (χ1n) is 11.9. The van der Waals surface area contributed by atoms with Crippen LogP contribution in [-0.4, -0.2) is 43.2 Å². The predicted molar refractivity (Wildman–Crippen MR) is 141 cm³/mol. The number of halogens is 2. The molecule has 0 saturated carbocycles. The third-order valence-electron chi connectivity index (χ3n) is 5.72. The number of rotatable bonds is 9. The molecule has 3 aromatic heterocycles. The van der Waals surface area contributed by atoms with E-state index in [0.29, 0.717) is 34.9 Å². The predicted octanol–water partition coefficient (Wildman–Crippen LogP) is 5.36. The Balaban J connectivity index is 1.75. The van der Waals surface area contributed by atoms with Gasteiger partial charge in [-0.2, -0.15) is 4.39 Å². The van der Waals surface area contributed by atoms with E-state index in [1.54, 1.807) is 23.9 Å². The van der Waals surface area contributed by atoms with Crippen LogP contribution in [0.2, 0.25) is 5.02 Å². The molecule has 36 heavy (non-hydrogen) atoms. The summed E-state index contributed by atoms with van der Waals surface area (Å²) in [6.07, 6.45) is 4.12. The fraction of sp³-hybridized carbons (Fsp3) is 0.385. The Hall–Kier alpha value is -3.30. The molecule has 0 aliphatic carbocycles. The molecule has 4 rings (SSSR count). The van der Waals surface area contributed by atoms with E-state index in [-0.39, 0.29) is 12.0 Å². The Morgan fingerprint density at radius 3 is 2.72 bits per heavy atom. The standard InChI is InChI=1S/C26H31ClFN7O/c1-16-18(6-7-23(28)31-16)25(22-14-35(34-33-22)10-5-11-36)32-17-12-19-21(30-15-26(2,3)4)8-9-29-24(19)20(27)13-17/h6-9,12-14,25,32,36H,5,10-11,15H2,1-4H3,(H,29,30)/t25-/m0/s1. The van der Waals surface area contributed by atoms with Gasteiger partial charge in [-0.25, -0.2) is 4.98 Å². The quantitative estimate of drug-likeness (QED) is 0.260. The average Bonchev–Trinajstić information content (AvgIpc) is 3.28. The smallest absolute Gasteiger partial charge is 0.213 e. The summed E-state index contributed by atoms with van der Waals surface area (Å²) in [4.78, 5) is 8.49. The van der Waals surface area contributed by atoms with Crippen LogP contribution < -0.4 is 10.6 Å². The third kappa shape index (κ3) is 6.09. The Morgan fingerprint density at radius 1 is 1.19 bits per heavy atom. The second kappa shape index (κ2) is 10.8. The molecule has 8 nitrogen and oxygen atoms in total. The first kappa shape index (κ1) is 25.8. The van der Waals surface area contributed by atoms with Crippen LogP contribution in [0.1, 0.15) is 50.2 Å². The Morgan fingerprint density at radius 2 is 2.00 bits per heavy atom. The number of nitrogens with one attached hydrogen (secondary N) is 2. The summed E-state index contributed by atoms with van der Waals surface area (Å²) in [5, 5.41) is 26.1. The monoisotopic (exact) mass is 511 g/mol. The molecule has 0 aliphatic heterocycles. The molecule has 0 spiro atoms. The summed E-state index contributed by atoms with van der Waals surface area (Å²) in [5.74, 6) is -0.545. The fourth-order valence-electron chi connectivity index (χ4n) is 3.92. The summed E-state index contributed by atoms with van der Waals surface area (Å²) in [6.45, 7) is 9.64. The summed E-state index contributed by atoms with van der Waals surface area (Å²) >= 11 is 6.67. The number of aliphatic hydroxyl groups is 1. The van der Waals surface area contributed by atoms with Gasteiger partial charge >= 0.3 is 0 Å². The van der Waals surface area contributed by atoms with E-state index < -0.39 is 12.0 Å². The van der Waals surface area contributed by atoms with E-state index in [1.165, 1.54) is 6.07 Å². The van der Waals surface area contributed by atoms with Crippen molar-refractivity contribution in [2.24, 2.45) is 5.41 Å². The maximum absolute atomic E-state index is 13.8. The Bertz CT molecular complexity index is 1350. The van der Waals surface area contributed by atoms with Crippen molar-refractivity contribution in [3.8, 4) is 0 Å². The van der Waals surface area contributed by atoms with Crippen LogP contribution in [0.25, 0.3) is 10.9 Å². The molecule has 3 heterocycles. The number of aliphatic hydroxyl groups excluding tert-OH is 1. The van der Waals surface area contributed by atoms with Crippen molar-refractivity contribution in [2.45, 2.75) is 46.7 Å². The molecule has 0 amide bonds. The molecule has 3 N–H and O–H groups in total. The lowest BCUT2D eigenvalue weighted by Gasteiger charge is -2.22. The molecule has 1 aromatic carbocycles. The van der Waals surface area contributed by atoms with Crippen molar-refractivity contribution in [1.82, 2.24) is 25.0 Å². The second-order valence-electron chi connectivity index (χ2n) is 10.00. The van der Waals surface area contributed by atoms with Gasteiger partial charge in [0.2, 0.25) is 5.95 Å². The number of aromatic nitrogens is 5. The fourth-order valence-corrected chi connectivity index (χ4v) is 4.19. The molecule has 0 fully saturated rings. The number of hydrogen-bond donors (Lipinski definition) is 3. The molecule has 1 atom stereocenters. The van der Waals surface area contributed by atoms with Crippen molar-refractivity contribution in [2.75, 3.05) is 23.8 Å². The van der Waals surface area contributed by atoms with Crippen LogP contribution in [0, 0.1) is 18.3 Å². The third-order valence-corrected chi connectivity index (χ3v) is 6.01. The number of benzene rings is 1. The number of aryl methyl sites for hydroxylation is 2. The zero-order chi connectivity index (χ0) is 25.9. The molecule has 190 valence electrons. The average molecular weight is 512 g/mol. The van der Waals surface area contributed by atoms with Gasteiger partial charge < -0.3 is 15.7 Å². The minimum atomic E-state index is -0.545. The van der Waals surface area contributed by atoms with Crippen molar-refractivity contribution >= 4 is 33.9 Å². The molecular formula is C26H31ClFN7O. The van der Waals surface area contributed by atoms with Gasteiger partial charge in [0.1, 0.15) is 5.69 Å². The van der Waals surface area contributed by atoms with E-state index in [2.05, 4.69) is 51.7 Å². The van der Waals surface area contributed by atoms with Crippen molar-refractivity contribution < 1.29 is 9.50 Å². The first-order valence-corrected chi connectivity index (χ1v) is 12.2. The van der Waals surface area contributed by atoms with Crippen LogP contribution in [0.3, 0.4) is 0 Å². The summed E-state index contributed by atoms with van der Waals surface area (Å²) in [6, 6.07) is 8.32. The van der Waals surface area contributed by atoms with Crippen LogP contribution >= 0.6 is 11.6 Å². The molecule has 10 heteroatoms. The van der Waals surface area contributed by atoms with Crippen LogP contribution in [0.5, 0.6) is 0 Å². The molecule has 0 aliphatic rings. The molecular weight excluding hydrogens is 481 g/mol. The highest BCUT2D eigenvalue weighted by atomic mass is 35.5. The van der Waals surface area contributed by atoms with Crippen molar-refractivity contribution in [1.29, 1.82) is 0 Å². The molecule has 0 saturated heterocycles. The highest BCUT2D eigenvalue weighted by molar-refractivity contribution is 6.35. The van der Waals surface area contributed by atoms with Gasteiger partial charge in [0, 0.05) is 53.9 Å². The van der Waals surface area contributed by atoms with Crippen LogP contribution in [-0.2, 0) is 6.54 Å². The van der Waals surface area contributed by atoms with Gasteiger partial charge in [-0.1, -0.05) is 43.7 Å². The van der Waals surface area contributed by atoms with Gasteiger partial charge in [0.25, 0.3) is 0 Å². The molecule has 0 unspecified atom stereocenters. The van der Waals surface area contributed by atoms with Gasteiger partial charge in [0.05, 0.1) is 22.8 Å². The normalized spacial score (nSPS) is 12.6. The number of hydrogen-bond acceptors (Lipinski definition) is 7. The highest BCUT2D eigenvalue weighted by Crippen LogP contribution is 2.34. The Labute approximate surface area is 214 Å². The van der Waals surface area contributed by atoms with Crippen LogP contribution in [0.15, 0.2) is 42.7 Å². The SMILES string of the molecule is Cc1nc(F)ccc1[C@H](Nc1cc(Cl)c2nccc(NCC(C)(C)C)c2c1)c1cn(CCCO)nn1. The maximum Gasteiger partial charge on any atom is 0.213 e. The number of nitrogens with zero attached hydrogens (tertiary/aromatic N) is 5. The van der Waals surface area contributed by atoms with Crippen molar-refractivity contribution in [3.63, 3.8) is 0 Å². The molecule has 0 bridgehead atoms. The maximum atomic E-state index is 13.8. The molecule has 4 aromatic rings. The van der Waals surface area contributed by atoms with Gasteiger partial charge in [0.15, 0.2) is 0 Å². The first-order chi connectivity index (χ1) is 17.1. The topological polar surface area (TPSA) is 101 Å². The number of fused-ring (bicyclic) bond motifs is 1. The van der Waals surface area contributed by atoms with Gasteiger partial charge in [-0.15, -0.1) is 5.10 Å². The lowest BCUT2D eigenvalue weighted by atomic mass is 9.97. The van der Waals surface area contributed by atoms with E-state index in [0.717, 1.165) is 28.9 Å². The van der Waals surface area contributed by atoms with Gasteiger partial charge in [-0.05, 0) is 43.0 Å². The van der Waals surface area contributed by atoms with Gasteiger partial charge in [-0.3, -0.25) is 9.67 Å². The minimum absolute atomic E-state index is 0.0626. The van der Waals surface area contributed by atoms with E-state index in [9.17, 15) is 4.39 Å². The highest BCUT2D eigenvalue weighted by Gasteiger charge is 2.22. The summed E-state index contributed by atoms with van der Waals surface area (Å²) in [7, 11) is 0. The van der Waals surface area contributed by atoms with Crippen LogP contribution in [0.4, 0.5) is 15.8 Å².